The highest BCUT2D eigenvalue weighted by atomic mass is 16.8. The number of benzene rings is 1. The van der Waals surface area contributed by atoms with Gasteiger partial charge >= 0.3 is 6.16 Å². The van der Waals surface area contributed by atoms with Crippen molar-refractivity contribution in [3.63, 3.8) is 0 Å². The van der Waals surface area contributed by atoms with E-state index in [9.17, 15) is 9.90 Å². The van der Waals surface area contributed by atoms with Crippen molar-refractivity contribution in [2.24, 2.45) is 0 Å². The van der Waals surface area contributed by atoms with E-state index in [1.165, 1.54) is 0 Å². The van der Waals surface area contributed by atoms with E-state index in [1.807, 2.05) is 20.8 Å². The summed E-state index contributed by atoms with van der Waals surface area (Å²) in [5, 5.41) is 18.8. The lowest BCUT2D eigenvalue weighted by Crippen LogP contribution is -2.41. The molecule has 0 aliphatic carbocycles. The molecule has 0 saturated carbocycles. The van der Waals surface area contributed by atoms with Crippen LogP contribution < -0.4 is 4.74 Å². The number of hydrogen-bond donors (Lipinski definition) is 2. The summed E-state index contributed by atoms with van der Waals surface area (Å²) >= 11 is 0. The Balaban J connectivity index is 2.49. The van der Waals surface area contributed by atoms with Crippen molar-refractivity contribution < 1.29 is 24.5 Å². The molecule has 0 bridgehead atoms. The van der Waals surface area contributed by atoms with Crippen molar-refractivity contribution in [2.45, 2.75) is 46.3 Å². The van der Waals surface area contributed by atoms with Crippen LogP contribution in [0.15, 0.2) is 0 Å². The molecule has 0 saturated heterocycles. The number of hydrogen-bond acceptors (Lipinski definition) is 4. The van der Waals surface area contributed by atoms with Gasteiger partial charge in [-0.1, -0.05) is 0 Å². The largest absolute Gasteiger partial charge is 0.509 e. The van der Waals surface area contributed by atoms with Crippen LogP contribution in [0.25, 0.3) is 0 Å². The number of aromatic hydroxyl groups is 1. The third-order valence-electron chi connectivity index (χ3n) is 3.79. The minimum atomic E-state index is -1.35. The second-order valence-electron chi connectivity index (χ2n) is 5.14. The number of carboxylic acid groups (broad SMARTS) is 1. The van der Waals surface area contributed by atoms with Crippen LogP contribution in [0.5, 0.6) is 11.5 Å². The van der Waals surface area contributed by atoms with Gasteiger partial charge in [0.2, 0.25) is 0 Å². The Morgan fingerprint density at radius 1 is 1.26 bits per heavy atom. The smallest absolute Gasteiger partial charge is 0.507 e. The standard InChI is InChI=1S/C14H18O5/c1-7-8(2)12-10(9(3)11(7)15)5-6-14(4,18-12)19-13(16)17/h15H,5-6H2,1-4H3,(H,16,17). The number of fused-ring (bicyclic) bond motifs is 1. The molecule has 0 aromatic heterocycles. The quantitative estimate of drug-likeness (QED) is 0.764. The average Bonchev–Trinajstić information content (AvgIpc) is 2.32. The molecule has 0 radical (unpaired) electrons. The molecule has 1 aromatic carbocycles. The maximum Gasteiger partial charge on any atom is 0.509 e. The normalized spacial score (nSPS) is 21.5. The van der Waals surface area contributed by atoms with Crippen LogP contribution in [0.3, 0.4) is 0 Å². The van der Waals surface area contributed by atoms with Gasteiger partial charge in [-0.25, -0.2) is 4.79 Å². The van der Waals surface area contributed by atoms with Crippen LogP contribution in [0.2, 0.25) is 0 Å². The second-order valence-corrected chi connectivity index (χ2v) is 5.14. The van der Waals surface area contributed by atoms with Gasteiger partial charge in [-0.2, -0.15) is 0 Å². The van der Waals surface area contributed by atoms with Crippen LogP contribution in [-0.4, -0.2) is 22.2 Å². The van der Waals surface area contributed by atoms with Crippen molar-refractivity contribution in [2.75, 3.05) is 0 Å². The van der Waals surface area contributed by atoms with E-state index in [-0.39, 0.29) is 5.75 Å². The lowest BCUT2D eigenvalue weighted by Gasteiger charge is -2.36. The van der Waals surface area contributed by atoms with Gasteiger partial charge < -0.3 is 19.7 Å². The van der Waals surface area contributed by atoms with E-state index in [0.29, 0.717) is 18.6 Å². The van der Waals surface area contributed by atoms with E-state index < -0.39 is 11.9 Å². The monoisotopic (exact) mass is 266 g/mol. The maximum absolute atomic E-state index is 10.7. The predicted molar refractivity (Wildman–Crippen MR) is 68.8 cm³/mol. The summed E-state index contributed by atoms with van der Waals surface area (Å²) in [4.78, 5) is 10.7. The molecule has 1 heterocycles. The van der Waals surface area contributed by atoms with Gasteiger partial charge in [-0.3, -0.25) is 0 Å². The van der Waals surface area contributed by atoms with Gasteiger partial charge in [0, 0.05) is 18.9 Å². The SMILES string of the molecule is Cc1c(C)c2c(c(C)c1O)CCC(C)(OC(=O)O)O2. The summed E-state index contributed by atoms with van der Waals surface area (Å²) in [7, 11) is 0. The summed E-state index contributed by atoms with van der Waals surface area (Å²) < 4.78 is 10.6. The molecule has 1 aliphatic rings. The molecule has 1 atom stereocenters. The fourth-order valence-electron chi connectivity index (χ4n) is 2.48. The van der Waals surface area contributed by atoms with Crippen molar-refractivity contribution in [1.29, 1.82) is 0 Å². The highest BCUT2D eigenvalue weighted by Crippen LogP contribution is 2.43. The van der Waals surface area contributed by atoms with Crippen molar-refractivity contribution in [3.8, 4) is 11.5 Å². The Kier molecular flexibility index (Phi) is 3.08. The van der Waals surface area contributed by atoms with Crippen molar-refractivity contribution >= 4 is 6.16 Å². The molecule has 2 N–H and O–H groups in total. The van der Waals surface area contributed by atoms with E-state index in [0.717, 1.165) is 22.3 Å². The first-order chi connectivity index (χ1) is 8.75. The minimum absolute atomic E-state index is 0.280. The lowest BCUT2D eigenvalue weighted by atomic mass is 9.91. The molecule has 2 rings (SSSR count). The van der Waals surface area contributed by atoms with Gasteiger partial charge in [-0.05, 0) is 43.9 Å². The van der Waals surface area contributed by atoms with E-state index >= 15 is 0 Å². The molecule has 5 heteroatoms. The molecule has 104 valence electrons. The zero-order chi connectivity index (χ0) is 14.4. The van der Waals surface area contributed by atoms with E-state index in [1.54, 1.807) is 6.92 Å². The third-order valence-corrected chi connectivity index (χ3v) is 3.79. The van der Waals surface area contributed by atoms with Crippen molar-refractivity contribution in [3.05, 3.63) is 22.3 Å². The summed E-state index contributed by atoms with van der Waals surface area (Å²) in [6.45, 7) is 7.11. The topological polar surface area (TPSA) is 76.0 Å². The zero-order valence-electron chi connectivity index (χ0n) is 11.5. The molecule has 1 aromatic rings. The molecule has 5 nitrogen and oxygen atoms in total. The first-order valence-electron chi connectivity index (χ1n) is 6.17. The van der Waals surface area contributed by atoms with E-state index in [4.69, 9.17) is 14.6 Å². The van der Waals surface area contributed by atoms with Crippen LogP contribution in [0.1, 0.15) is 35.6 Å². The maximum atomic E-state index is 10.7. The van der Waals surface area contributed by atoms with Gasteiger partial charge in [-0.15, -0.1) is 0 Å². The molecular formula is C14H18O5. The molecule has 1 unspecified atom stereocenters. The van der Waals surface area contributed by atoms with Gasteiger partial charge in [0.25, 0.3) is 5.79 Å². The summed E-state index contributed by atoms with van der Waals surface area (Å²) in [5.41, 5.74) is 3.27. The highest BCUT2D eigenvalue weighted by molar-refractivity contribution is 5.60. The first-order valence-corrected chi connectivity index (χ1v) is 6.17. The van der Waals surface area contributed by atoms with Crippen LogP contribution in [0, 0.1) is 20.8 Å². The van der Waals surface area contributed by atoms with Crippen LogP contribution in [0.4, 0.5) is 4.79 Å². The molecule has 0 fully saturated rings. The average molecular weight is 266 g/mol. The Bertz CT molecular complexity index is 550. The van der Waals surface area contributed by atoms with Gasteiger partial charge in [0.15, 0.2) is 0 Å². The number of rotatable bonds is 1. The summed E-state index contributed by atoms with van der Waals surface area (Å²) in [6.07, 6.45) is -0.315. The molecule has 0 amide bonds. The predicted octanol–water partition coefficient (Wildman–Crippen LogP) is 3.05. The number of phenols is 1. The van der Waals surface area contributed by atoms with E-state index in [2.05, 4.69) is 0 Å². The van der Waals surface area contributed by atoms with Gasteiger partial charge in [0.05, 0.1) is 0 Å². The third kappa shape index (κ3) is 2.20. The number of carbonyl (C=O) groups is 1. The summed E-state index contributed by atoms with van der Waals surface area (Å²) in [5.74, 6) is -0.259. The minimum Gasteiger partial charge on any atom is -0.507 e. The van der Waals surface area contributed by atoms with Crippen LogP contribution >= 0.6 is 0 Å². The second kappa shape index (κ2) is 4.33. The molecule has 1 aliphatic heterocycles. The summed E-state index contributed by atoms with van der Waals surface area (Å²) in [6, 6.07) is 0. The fourth-order valence-corrected chi connectivity index (χ4v) is 2.48. The number of phenolic OH excluding ortho intramolecular Hbond substituents is 1. The Hall–Kier alpha value is -1.91. The Labute approximate surface area is 111 Å². The molecular weight excluding hydrogens is 248 g/mol. The first kappa shape index (κ1) is 13.5. The lowest BCUT2D eigenvalue weighted by molar-refractivity contribution is -0.149. The highest BCUT2D eigenvalue weighted by Gasteiger charge is 2.37. The molecule has 0 spiro atoms. The Morgan fingerprint density at radius 3 is 2.47 bits per heavy atom. The zero-order valence-corrected chi connectivity index (χ0v) is 11.5. The van der Waals surface area contributed by atoms with Crippen molar-refractivity contribution in [1.82, 2.24) is 0 Å². The Morgan fingerprint density at radius 2 is 1.89 bits per heavy atom. The van der Waals surface area contributed by atoms with Gasteiger partial charge in [0.1, 0.15) is 11.5 Å². The number of ether oxygens (including phenoxy) is 2. The van der Waals surface area contributed by atoms with Crippen LogP contribution in [-0.2, 0) is 11.2 Å². The molecule has 19 heavy (non-hydrogen) atoms. The fraction of sp³-hybridized carbons (Fsp3) is 0.500.